The molecule has 2 nitrogen and oxygen atoms in total. The van der Waals surface area contributed by atoms with Gasteiger partial charge in [-0.2, -0.15) is 0 Å². The number of rotatable bonds is 8. The Morgan fingerprint density at radius 2 is 1.41 bits per heavy atom. The summed E-state index contributed by atoms with van der Waals surface area (Å²) in [6.45, 7) is 8.12. The summed E-state index contributed by atoms with van der Waals surface area (Å²) in [7, 11) is 0. The van der Waals surface area contributed by atoms with Crippen LogP contribution in [0.2, 0.25) is 0 Å². The third-order valence-electron chi connectivity index (χ3n) is 2.90. The zero-order valence-electron chi connectivity index (χ0n) is 11.3. The van der Waals surface area contributed by atoms with Gasteiger partial charge in [0.15, 0.2) is 0 Å². The Bertz CT molecular complexity index is 253. The zero-order chi connectivity index (χ0) is 11.6. The SMILES string of the molecule is CCCCN(CCCC)Cc1ccccc1.O. The minimum Gasteiger partial charge on any atom is -0.412 e. The second-order valence-electron chi connectivity index (χ2n) is 4.47. The second-order valence-corrected chi connectivity index (χ2v) is 4.47. The van der Waals surface area contributed by atoms with Gasteiger partial charge in [0.25, 0.3) is 0 Å². The first-order valence-electron chi connectivity index (χ1n) is 6.63. The van der Waals surface area contributed by atoms with Crippen molar-refractivity contribution in [1.29, 1.82) is 0 Å². The topological polar surface area (TPSA) is 34.7 Å². The molecular weight excluding hydrogens is 210 g/mol. The van der Waals surface area contributed by atoms with Gasteiger partial charge in [0.2, 0.25) is 0 Å². The van der Waals surface area contributed by atoms with Gasteiger partial charge in [0, 0.05) is 6.54 Å². The molecule has 0 bridgehead atoms. The number of nitrogens with zero attached hydrogens (tertiary/aromatic N) is 1. The highest BCUT2D eigenvalue weighted by Crippen LogP contribution is 2.07. The molecule has 0 fully saturated rings. The Balaban J connectivity index is 0.00000256. The van der Waals surface area contributed by atoms with Crippen LogP contribution < -0.4 is 0 Å². The van der Waals surface area contributed by atoms with E-state index in [0.29, 0.717) is 0 Å². The quantitative estimate of drug-likeness (QED) is 0.683. The van der Waals surface area contributed by atoms with Gasteiger partial charge in [-0.05, 0) is 31.5 Å². The van der Waals surface area contributed by atoms with Crippen molar-refractivity contribution in [2.45, 2.75) is 46.1 Å². The number of unbranched alkanes of at least 4 members (excludes halogenated alkanes) is 2. The van der Waals surface area contributed by atoms with Crippen LogP contribution in [0.25, 0.3) is 0 Å². The molecule has 0 spiro atoms. The lowest BCUT2D eigenvalue weighted by Gasteiger charge is -2.21. The van der Waals surface area contributed by atoms with Gasteiger partial charge in [-0.1, -0.05) is 57.0 Å². The molecule has 1 rings (SSSR count). The van der Waals surface area contributed by atoms with E-state index in [1.165, 1.54) is 44.3 Å². The molecule has 98 valence electrons. The fourth-order valence-electron chi connectivity index (χ4n) is 1.87. The van der Waals surface area contributed by atoms with E-state index < -0.39 is 0 Å². The van der Waals surface area contributed by atoms with E-state index in [-0.39, 0.29) is 5.48 Å². The fourth-order valence-corrected chi connectivity index (χ4v) is 1.87. The van der Waals surface area contributed by atoms with Crippen molar-refractivity contribution in [1.82, 2.24) is 4.90 Å². The normalized spacial score (nSPS) is 10.3. The summed E-state index contributed by atoms with van der Waals surface area (Å²) in [6.07, 6.45) is 5.21. The van der Waals surface area contributed by atoms with Crippen molar-refractivity contribution < 1.29 is 5.48 Å². The van der Waals surface area contributed by atoms with Gasteiger partial charge in [0.1, 0.15) is 0 Å². The van der Waals surface area contributed by atoms with Crippen molar-refractivity contribution >= 4 is 0 Å². The predicted molar refractivity (Wildman–Crippen MR) is 75.1 cm³/mol. The summed E-state index contributed by atoms with van der Waals surface area (Å²) < 4.78 is 0. The highest BCUT2D eigenvalue weighted by molar-refractivity contribution is 5.14. The van der Waals surface area contributed by atoms with Gasteiger partial charge in [-0.25, -0.2) is 0 Å². The van der Waals surface area contributed by atoms with Crippen molar-refractivity contribution in [2.24, 2.45) is 0 Å². The maximum absolute atomic E-state index is 2.59. The molecule has 0 amide bonds. The second kappa shape index (κ2) is 10.3. The number of hydrogen-bond donors (Lipinski definition) is 0. The maximum atomic E-state index is 2.59. The molecule has 0 radical (unpaired) electrons. The summed E-state index contributed by atoms with van der Waals surface area (Å²) in [6, 6.07) is 10.8. The molecular formula is C15H27NO. The zero-order valence-corrected chi connectivity index (χ0v) is 11.3. The predicted octanol–water partition coefficient (Wildman–Crippen LogP) is 3.26. The van der Waals surface area contributed by atoms with E-state index >= 15 is 0 Å². The Morgan fingerprint density at radius 3 is 1.88 bits per heavy atom. The fraction of sp³-hybridized carbons (Fsp3) is 0.600. The van der Waals surface area contributed by atoms with E-state index in [4.69, 9.17) is 0 Å². The Hall–Kier alpha value is -0.860. The molecule has 0 aromatic heterocycles. The first-order valence-corrected chi connectivity index (χ1v) is 6.63. The lowest BCUT2D eigenvalue weighted by Crippen LogP contribution is -2.25. The van der Waals surface area contributed by atoms with Crippen molar-refractivity contribution in [2.75, 3.05) is 13.1 Å². The van der Waals surface area contributed by atoms with E-state index in [2.05, 4.69) is 49.1 Å². The van der Waals surface area contributed by atoms with E-state index in [1.54, 1.807) is 0 Å². The average Bonchev–Trinajstić information content (AvgIpc) is 2.34. The van der Waals surface area contributed by atoms with Crippen LogP contribution in [0.5, 0.6) is 0 Å². The lowest BCUT2D eigenvalue weighted by molar-refractivity contribution is 0.257. The van der Waals surface area contributed by atoms with Crippen molar-refractivity contribution in [3.8, 4) is 0 Å². The van der Waals surface area contributed by atoms with Crippen LogP contribution in [-0.4, -0.2) is 23.5 Å². The molecule has 2 N–H and O–H groups in total. The minimum absolute atomic E-state index is 0. The smallest absolute Gasteiger partial charge is 0.0233 e. The third-order valence-corrected chi connectivity index (χ3v) is 2.90. The van der Waals surface area contributed by atoms with Gasteiger partial charge in [-0.3, -0.25) is 4.90 Å². The first kappa shape index (κ1) is 16.1. The van der Waals surface area contributed by atoms with Crippen LogP contribution >= 0.6 is 0 Å². The number of benzene rings is 1. The summed E-state index contributed by atoms with van der Waals surface area (Å²) in [5, 5.41) is 0. The lowest BCUT2D eigenvalue weighted by atomic mass is 10.2. The molecule has 0 heterocycles. The van der Waals surface area contributed by atoms with Crippen LogP contribution in [0.1, 0.15) is 45.1 Å². The summed E-state index contributed by atoms with van der Waals surface area (Å²) in [5.41, 5.74) is 1.44. The molecule has 17 heavy (non-hydrogen) atoms. The summed E-state index contributed by atoms with van der Waals surface area (Å²) in [4.78, 5) is 2.59. The van der Waals surface area contributed by atoms with Crippen molar-refractivity contribution in [3.05, 3.63) is 35.9 Å². The molecule has 0 aliphatic heterocycles. The van der Waals surface area contributed by atoms with Crippen LogP contribution in [0.15, 0.2) is 30.3 Å². The molecule has 0 unspecified atom stereocenters. The van der Waals surface area contributed by atoms with Gasteiger partial charge >= 0.3 is 0 Å². The van der Waals surface area contributed by atoms with Crippen LogP contribution in [-0.2, 0) is 6.54 Å². The van der Waals surface area contributed by atoms with Crippen LogP contribution in [0.4, 0.5) is 0 Å². The van der Waals surface area contributed by atoms with Crippen molar-refractivity contribution in [3.63, 3.8) is 0 Å². The van der Waals surface area contributed by atoms with Crippen LogP contribution in [0, 0.1) is 0 Å². The molecule has 0 saturated carbocycles. The molecule has 2 heteroatoms. The monoisotopic (exact) mass is 237 g/mol. The Morgan fingerprint density at radius 1 is 0.882 bits per heavy atom. The average molecular weight is 237 g/mol. The van der Waals surface area contributed by atoms with E-state index in [1.807, 2.05) is 0 Å². The molecule has 1 aromatic rings. The van der Waals surface area contributed by atoms with Crippen LogP contribution in [0.3, 0.4) is 0 Å². The van der Waals surface area contributed by atoms with Gasteiger partial charge in [-0.15, -0.1) is 0 Å². The molecule has 0 aliphatic rings. The highest BCUT2D eigenvalue weighted by atomic mass is 16.0. The number of hydrogen-bond acceptors (Lipinski definition) is 1. The molecule has 0 atom stereocenters. The van der Waals surface area contributed by atoms with Gasteiger partial charge in [0.05, 0.1) is 0 Å². The summed E-state index contributed by atoms with van der Waals surface area (Å²) >= 11 is 0. The molecule has 0 aliphatic carbocycles. The molecule has 0 saturated heterocycles. The Labute approximate surface area is 106 Å². The minimum atomic E-state index is 0. The summed E-state index contributed by atoms with van der Waals surface area (Å²) in [5.74, 6) is 0. The standard InChI is InChI=1S/C15H25N.H2O/c1-3-5-12-16(13-6-4-2)14-15-10-8-7-9-11-15;/h7-11H,3-6,12-14H2,1-2H3;1H2. The largest absolute Gasteiger partial charge is 0.412 e. The van der Waals surface area contributed by atoms with Gasteiger partial charge < -0.3 is 5.48 Å². The van der Waals surface area contributed by atoms with E-state index in [9.17, 15) is 0 Å². The first-order chi connectivity index (χ1) is 7.86. The van der Waals surface area contributed by atoms with E-state index in [0.717, 1.165) is 6.54 Å². The maximum Gasteiger partial charge on any atom is 0.0233 e. The third kappa shape index (κ3) is 7.14. The molecule has 1 aromatic carbocycles. The Kier molecular flexibility index (Phi) is 9.78. The highest BCUT2D eigenvalue weighted by Gasteiger charge is 2.04.